The van der Waals surface area contributed by atoms with Crippen LogP contribution in [0.25, 0.3) is 0 Å². The molecule has 5 nitrogen and oxygen atoms in total. The summed E-state index contributed by atoms with van der Waals surface area (Å²) in [5, 5.41) is 11.2. The van der Waals surface area contributed by atoms with Crippen molar-refractivity contribution in [2.45, 2.75) is 26.4 Å². The average molecular weight is 189 g/mol. The molecule has 0 heterocycles. The first-order valence-corrected chi connectivity index (χ1v) is 4.16. The molecule has 1 atom stereocenters. The van der Waals surface area contributed by atoms with Crippen LogP contribution in [-0.4, -0.2) is 36.2 Å². The first kappa shape index (κ1) is 11.9. The first-order valence-electron chi connectivity index (χ1n) is 4.16. The molecule has 0 aliphatic heterocycles. The SMILES string of the molecule is CCOC(=O)CC(=O)NCC(C)O. The van der Waals surface area contributed by atoms with Gasteiger partial charge in [-0.15, -0.1) is 0 Å². The Morgan fingerprint density at radius 3 is 2.62 bits per heavy atom. The van der Waals surface area contributed by atoms with Crippen LogP contribution in [0.15, 0.2) is 0 Å². The second kappa shape index (κ2) is 6.42. The first-order chi connectivity index (χ1) is 6.06. The van der Waals surface area contributed by atoms with Gasteiger partial charge >= 0.3 is 5.97 Å². The summed E-state index contributed by atoms with van der Waals surface area (Å²) in [6, 6.07) is 0. The largest absolute Gasteiger partial charge is 0.466 e. The zero-order valence-corrected chi connectivity index (χ0v) is 7.87. The Bertz CT molecular complexity index is 179. The van der Waals surface area contributed by atoms with Gasteiger partial charge in [-0.2, -0.15) is 0 Å². The molecule has 0 saturated carbocycles. The molecule has 0 aliphatic rings. The standard InChI is InChI=1S/C8H15NO4/c1-3-13-8(12)4-7(11)9-5-6(2)10/h6,10H,3-5H2,1-2H3,(H,9,11). The van der Waals surface area contributed by atoms with E-state index in [1.165, 1.54) is 0 Å². The van der Waals surface area contributed by atoms with Crippen molar-refractivity contribution in [1.82, 2.24) is 5.32 Å². The molecule has 5 heteroatoms. The number of aliphatic hydroxyl groups excluding tert-OH is 1. The molecule has 0 aliphatic carbocycles. The molecule has 0 spiro atoms. The third-order valence-corrected chi connectivity index (χ3v) is 1.20. The Kier molecular flexibility index (Phi) is 5.88. The van der Waals surface area contributed by atoms with Crippen LogP contribution in [0.4, 0.5) is 0 Å². The van der Waals surface area contributed by atoms with Gasteiger partial charge in [-0.3, -0.25) is 9.59 Å². The number of amides is 1. The molecule has 0 aromatic rings. The van der Waals surface area contributed by atoms with Crippen LogP contribution in [-0.2, 0) is 14.3 Å². The summed E-state index contributed by atoms with van der Waals surface area (Å²) in [6.07, 6.45) is -0.897. The van der Waals surface area contributed by atoms with Crippen LogP contribution < -0.4 is 5.32 Å². The monoisotopic (exact) mass is 189 g/mol. The van der Waals surface area contributed by atoms with E-state index < -0.39 is 18.0 Å². The Balaban J connectivity index is 3.56. The molecule has 0 bridgehead atoms. The second-order valence-corrected chi connectivity index (χ2v) is 2.63. The Labute approximate surface area is 77.1 Å². The predicted octanol–water partition coefficient (Wildman–Crippen LogP) is -0.563. The van der Waals surface area contributed by atoms with Crippen molar-refractivity contribution in [2.75, 3.05) is 13.2 Å². The highest BCUT2D eigenvalue weighted by Crippen LogP contribution is 1.86. The van der Waals surface area contributed by atoms with E-state index in [1.807, 2.05) is 0 Å². The number of aliphatic hydroxyl groups is 1. The topological polar surface area (TPSA) is 75.6 Å². The lowest BCUT2D eigenvalue weighted by molar-refractivity contribution is -0.146. The quantitative estimate of drug-likeness (QED) is 0.449. The number of rotatable bonds is 5. The van der Waals surface area contributed by atoms with Gasteiger partial charge in [-0.25, -0.2) is 0 Å². The minimum Gasteiger partial charge on any atom is -0.466 e. The fourth-order valence-corrected chi connectivity index (χ4v) is 0.667. The van der Waals surface area contributed by atoms with Crippen molar-refractivity contribution >= 4 is 11.9 Å². The number of esters is 1. The summed E-state index contributed by atoms with van der Waals surface area (Å²) in [5.74, 6) is -0.982. The van der Waals surface area contributed by atoms with Gasteiger partial charge in [0, 0.05) is 6.54 Å². The van der Waals surface area contributed by atoms with E-state index in [-0.39, 0.29) is 19.6 Å². The number of hydrogen-bond donors (Lipinski definition) is 2. The van der Waals surface area contributed by atoms with E-state index in [0.717, 1.165) is 0 Å². The number of carbonyl (C=O) groups excluding carboxylic acids is 2. The number of carbonyl (C=O) groups is 2. The minimum atomic E-state index is -0.605. The fraction of sp³-hybridized carbons (Fsp3) is 0.750. The second-order valence-electron chi connectivity index (χ2n) is 2.63. The third-order valence-electron chi connectivity index (χ3n) is 1.20. The molecule has 1 unspecified atom stereocenters. The van der Waals surface area contributed by atoms with Crippen molar-refractivity contribution < 1.29 is 19.4 Å². The van der Waals surface area contributed by atoms with Crippen molar-refractivity contribution in [2.24, 2.45) is 0 Å². The molecule has 0 radical (unpaired) electrons. The van der Waals surface area contributed by atoms with Crippen LogP contribution >= 0.6 is 0 Å². The molecule has 0 aromatic carbocycles. The van der Waals surface area contributed by atoms with Crippen LogP contribution in [0.2, 0.25) is 0 Å². The van der Waals surface area contributed by atoms with Crippen LogP contribution in [0, 0.1) is 0 Å². The Morgan fingerprint density at radius 1 is 1.54 bits per heavy atom. The molecule has 1 amide bonds. The van der Waals surface area contributed by atoms with Crippen molar-refractivity contribution in [1.29, 1.82) is 0 Å². The lowest BCUT2D eigenvalue weighted by atomic mass is 10.3. The van der Waals surface area contributed by atoms with E-state index in [1.54, 1.807) is 13.8 Å². The van der Waals surface area contributed by atoms with Crippen LogP contribution in [0.3, 0.4) is 0 Å². The number of hydrogen-bond acceptors (Lipinski definition) is 4. The highest BCUT2D eigenvalue weighted by molar-refractivity contribution is 5.94. The number of nitrogens with one attached hydrogen (secondary N) is 1. The summed E-state index contributed by atoms with van der Waals surface area (Å²) >= 11 is 0. The summed E-state index contributed by atoms with van der Waals surface area (Å²) < 4.78 is 4.56. The third kappa shape index (κ3) is 7.27. The maximum Gasteiger partial charge on any atom is 0.315 e. The maximum atomic E-state index is 10.9. The molecule has 13 heavy (non-hydrogen) atoms. The molecule has 0 aromatic heterocycles. The van der Waals surface area contributed by atoms with E-state index >= 15 is 0 Å². The highest BCUT2D eigenvalue weighted by Gasteiger charge is 2.09. The zero-order valence-electron chi connectivity index (χ0n) is 7.87. The molecule has 0 saturated heterocycles. The van der Waals surface area contributed by atoms with Crippen LogP contribution in [0.1, 0.15) is 20.3 Å². The van der Waals surface area contributed by atoms with Crippen LogP contribution in [0.5, 0.6) is 0 Å². The summed E-state index contributed by atoms with van der Waals surface area (Å²) in [7, 11) is 0. The lowest BCUT2D eigenvalue weighted by Crippen LogP contribution is -2.32. The van der Waals surface area contributed by atoms with E-state index in [9.17, 15) is 9.59 Å². The van der Waals surface area contributed by atoms with E-state index in [0.29, 0.717) is 0 Å². The van der Waals surface area contributed by atoms with Crippen molar-refractivity contribution in [3.63, 3.8) is 0 Å². The zero-order chi connectivity index (χ0) is 10.3. The minimum absolute atomic E-state index is 0.151. The van der Waals surface area contributed by atoms with Crippen molar-refractivity contribution in [3.8, 4) is 0 Å². The van der Waals surface area contributed by atoms with Gasteiger partial charge in [-0.05, 0) is 13.8 Å². The van der Waals surface area contributed by atoms with Gasteiger partial charge in [-0.1, -0.05) is 0 Å². The van der Waals surface area contributed by atoms with E-state index in [2.05, 4.69) is 10.1 Å². The van der Waals surface area contributed by atoms with E-state index in [4.69, 9.17) is 5.11 Å². The molecule has 2 N–H and O–H groups in total. The van der Waals surface area contributed by atoms with Gasteiger partial charge in [0.15, 0.2) is 0 Å². The molecule has 76 valence electrons. The molecular formula is C8H15NO4. The molecule has 0 rings (SSSR count). The Hall–Kier alpha value is -1.10. The fourth-order valence-electron chi connectivity index (χ4n) is 0.667. The van der Waals surface area contributed by atoms with Crippen molar-refractivity contribution in [3.05, 3.63) is 0 Å². The predicted molar refractivity (Wildman–Crippen MR) is 45.9 cm³/mol. The smallest absolute Gasteiger partial charge is 0.315 e. The molecular weight excluding hydrogens is 174 g/mol. The summed E-state index contributed by atoms with van der Waals surface area (Å²) in [6.45, 7) is 3.64. The summed E-state index contributed by atoms with van der Waals surface area (Å²) in [5.41, 5.74) is 0. The van der Waals surface area contributed by atoms with Gasteiger partial charge in [0.2, 0.25) is 5.91 Å². The molecule has 0 fully saturated rings. The van der Waals surface area contributed by atoms with Gasteiger partial charge in [0.25, 0.3) is 0 Å². The lowest BCUT2D eigenvalue weighted by Gasteiger charge is -2.06. The normalized spacial score (nSPS) is 11.9. The number of ether oxygens (including phenoxy) is 1. The Morgan fingerprint density at radius 2 is 2.15 bits per heavy atom. The van der Waals surface area contributed by atoms with Gasteiger partial charge < -0.3 is 15.2 Å². The maximum absolute atomic E-state index is 10.9. The average Bonchev–Trinajstić information content (AvgIpc) is 2.01. The van der Waals surface area contributed by atoms with Gasteiger partial charge in [0.05, 0.1) is 12.7 Å². The summed E-state index contributed by atoms with van der Waals surface area (Å²) in [4.78, 5) is 21.7. The highest BCUT2D eigenvalue weighted by atomic mass is 16.5. The van der Waals surface area contributed by atoms with Gasteiger partial charge in [0.1, 0.15) is 6.42 Å².